The van der Waals surface area contributed by atoms with Crippen LogP contribution in [0.4, 0.5) is 0 Å². The van der Waals surface area contributed by atoms with Gasteiger partial charge in [0.1, 0.15) is 5.75 Å². The lowest BCUT2D eigenvalue weighted by Gasteiger charge is -2.18. The van der Waals surface area contributed by atoms with Crippen molar-refractivity contribution in [2.45, 2.75) is 39.1 Å². The molecule has 1 aliphatic heterocycles. The fourth-order valence-corrected chi connectivity index (χ4v) is 2.42. The lowest BCUT2D eigenvalue weighted by molar-refractivity contribution is -0.138. The summed E-state index contributed by atoms with van der Waals surface area (Å²) in [6, 6.07) is 6.09. The van der Waals surface area contributed by atoms with E-state index in [2.05, 4.69) is 12.1 Å². The SMILES string of the molecule is C/C=C/c1cccc(OC)c1CC1COC(C)(C)O1. The average Bonchev–Trinajstić information content (AvgIpc) is 2.71. The molecule has 19 heavy (non-hydrogen) atoms. The zero-order chi connectivity index (χ0) is 13.9. The van der Waals surface area contributed by atoms with Crippen molar-refractivity contribution in [1.29, 1.82) is 0 Å². The maximum atomic E-state index is 5.88. The van der Waals surface area contributed by atoms with Gasteiger partial charge >= 0.3 is 0 Å². The van der Waals surface area contributed by atoms with Gasteiger partial charge in [0.05, 0.1) is 19.8 Å². The van der Waals surface area contributed by atoms with Crippen molar-refractivity contribution in [3.63, 3.8) is 0 Å². The quantitative estimate of drug-likeness (QED) is 0.832. The normalized spacial score (nSPS) is 22.0. The van der Waals surface area contributed by atoms with Crippen molar-refractivity contribution in [1.82, 2.24) is 0 Å². The average molecular weight is 262 g/mol. The molecule has 1 fully saturated rings. The molecule has 104 valence electrons. The summed E-state index contributed by atoms with van der Waals surface area (Å²) in [5.41, 5.74) is 2.35. The number of allylic oxidation sites excluding steroid dienone is 1. The van der Waals surface area contributed by atoms with Gasteiger partial charge in [-0.3, -0.25) is 0 Å². The van der Waals surface area contributed by atoms with Crippen LogP contribution < -0.4 is 4.74 Å². The van der Waals surface area contributed by atoms with E-state index in [4.69, 9.17) is 14.2 Å². The molecule has 3 heteroatoms. The maximum Gasteiger partial charge on any atom is 0.163 e. The van der Waals surface area contributed by atoms with E-state index in [1.54, 1.807) is 7.11 Å². The summed E-state index contributed by atoms with van der Waals surface area (Å²) in [5, 5.41) is 0. The minimum Gasteiger partial charge on any atom is -0.496 e. The van der Waals surface area contributed by atoms with E-state index in [0.717, 1.165) is 12.2 Å². The predicted octanol–water partition coefficient (Wildman–Crippen LogP) is 3.42. The molecule has 0 spiro atoms. The number of benzene rings is 1. The van der Waals surface area contributed by atoms with Crippen molar-refractivity contribution in [3.05, 3.63) is 35.4 Å². The summed E-state index contributed by atoms with van der Waals surface area (Å²) in [5.74, 6) is 0.428. The predicted molar refractivity (Wildman–Crippen MR) is 76.3 cm³/mol. The summed E-state index contributed by atoms with van der Waals surface area (Å²) in [7, 11) is 1.70. The molecule has 0 radical (unpaired) electrons. The summed E-state index contributed by atoms with van der Waals surface area (Å²) >= 11 is 0. The van der Waals surface area contributed by atoms with Gasteiger partial charge in [-0.25, -0.2) is 0 Å². The first-order valence-electron chi connectivity index (χ1n) is 6.66. The third kappa shape index (κ3) is 3.37. The smallest absolute Gasteiger partial charge is 0.163 e. The minimum absolute atomic E-state index is 0.0790. The largest absolute Gasteiger partial charge is 0.496 e. The Labute approximate surface area is 115 Å². The zero-order valence-corrected chi connectivity index (χ0v) is 12.1. The van der Waals surface area contributed by atoms with Crippen molar-refractivity contribution < 1.29 is 14.2 Å². The highest BCUT2D eigenvalue weighted by molar-refractivity contribution is 5.58. The Hall–Kier alpha value is -1.32. The van der Waals surface area contributed by atoms with Gasteiger partial charge in [0, 0.05) is 12.0 Å². The summed E-state index contributed by atoms with van der Waals surface area (Å²) in [6.07, 6.45) is 5.01. The van der Waals surface area contributed by atoms with Crippen LogP contribution in [0.15, 0.2) is 24.3 Å². The van der Waals surface area contributed by atoms with Gasteiger partial charge in [0.2, 0.25) is 0 Å². The molecule has 0 amide bonds. The highest BCUT2D eigenvalue weighted by atomic mass is 16.7. The molecule has 1 atom stereocenters. The van der Waals surface area contributed by atoms with Crippen LogP contribution in [-0.2, 0) is 15.9 Å². The first kappa shape index (κ1) is 14.1. The summed E-state index contributed by atoms with van der Waals surface area (Å²) < 4.78 is 17.0. The Balaban J connectivity index is 2.23. The van der Waals surface area contributed by atoms with Gasteiger partial charge < -0.3 is 14.2 Å². The molecule has 0 aliphatic carbocycles. The Kier molecular flexibility index (Phi) is 4.27. The first-order valence-corrected chi connectivity index (χ1v) is 6.66. The second-order valence-corrected chi connectivity index (χ2v) is 5.18. The molecule has 0 aromatic heterocycles. The van der Waals surface area contributed by atoms with Crippen LogP contribution in [0.2, 0.25) is 0 Å². The third-order valence-electron chi connectivity index (χ3n) is 3.23. The molecule has 2 rings (SSSR count). The molecular formula is C16H22O3. The fraction of sp³-hybridized carbons (Fsp3) is 0.500. The molecule has 3 nitrogen and oxygen atoms in total. The molecule has 1 aliphatic rings. The van der Waals surface area contributed by atoms with E-state index in [0.29, 0.717) is 6.61 Å². The van der Waals surface area contributed by atoms with E-state index < -0.39 is 5.79 Å². The highest BCUT2D eigenvalue weighted by Crippen LogP contribution is 2.30. The van der Waals surface area contributed by atoms with Gasteiger partial charge in [-0.15, -0.1) is 0 Å². The molecule has 1 aromatic rings. The number of hydrogen-bond acceptors (Lipinski definition) is 3. The van der Waals surface area contributed by atoms with Crippen molar-refractivity contribution >= 4 is 6.08 Å². The van der Waals surface area contributed by atoms with Gasteiger partial charge in [-0.1, -0.05) is 24.3 Å². The molecule has 1 heterocycles. The van der Waals surface area contributed by atoms with E-state index in [1.807, 2.05) is 39.0 Å². The maximum absolute atomic E-state index is 5.88. The Morgan fingerprint density at radius 1 is 1.42 bits per heavy atom. The van der Waals surface area contributed by atoms with E-state index in [-0.39, 0.29) is 6.10 Å². The van der Waals surface area contributed by atoms with Gasteiger partial charge in [-0.05, 0) is 32.4 Å². The molecule has 0 bridgehead atoms. The standard InChI is InChI=1S/C16H22O3/c1-5-7-12-8-6-9-15(17-4)14(12)10-13-11-18-16(2,3)19-13/h5-9,13H,10-11H2,1-4H3/b7-5+. The zero-order valence-electron chi connectivity index (χ0n) is 12.1. The molecular weight excluding hydrogens is 240 g/mol. The molecule has 1 saturated heterocycles. The van der Waals surface area contributed by atoms with Gasteiger partial charge in [0.25, 0.3) is 0 Å². The summed E-state index contributed by atoms with van der Waals surface area (Å²) in [6.45, 7) is 6.53. The number of hydrogen-bond donors (Lipinski definition) is 0. The van der Waals surface area contributed by atoms with Crippen molar-refractivity contribution in [2.24, 2.45) is 0 Å². The van der Waals surface area contributed by atoms with E-state index >= 15 is 0 Å². The molecule has 1 aromatic carbocycles. The lowest BCUT2D eigenvalue weighted by Crippen LogP contribution is -2.22. The topological polar surface area (TPSA) is 27.7 Å². The van der Waals surface area contributed by atoms with E-state index in [1.165, 1.54) is 11.1 Å². The number of rotatable bonds is 4. The minimum atomic E-state index is -0.479. The molecule has 1 unspecified atom stereocenters. The van der Waals surface area contributed by atoms with Crippen LogP contribution in [-0.4, -0.2) is 25.6 Å². The second-order valence-electron chi connectivity index (χ2n) is 5.18. The number of methoxy groups -OCH3 is 1. The van der Waals surface area contributed by atoms with Crippen LogP contribution >= 0.6 is 0 Å². The van der Waals surface area contributed by atoms with Gasteiger partial charge in [0.15, 0.2) is 5.79 Å². The molecule has 0 N–H and O–H groups in total. The fourth-order valence-electron chi connectivity index (χ4n) is 2.42. The lowest BCUT2D eigenvalue weighted by atomic mass is 10.00. The summed E-state index contributed by atoms with van der Waals surface area (Å²) in [4.78, 5) is 0. The monoisotopic (exact) mass is 262 g/mol. The van der Waals surface area contributed by atoms with Crippen LogP contribution in [0.3, 0.4) is 0 Å². The van der Waals surface area contributed by atoms with Crippen LogP contribution in [0.25, 0.3) is 6.08 Å². The third-order valence-corrected chi connectivity index (χ3v) is 3.23. The van der Waals surface area contributed by atoms with Crippen LogP contribution in [0, 0.1) is 0 Å². The van der Waals surface area contributed by atoms with Crippen LogP contribution in [0.5, 0.6) is 5.75 Å². The first-order chi connectivity index (χ1) is 9.05. The number of ether oxygens (including phenoxy) is 3. The van der Waals surface area contributed by atoms with Crippen molar-refractivity contribution in [3.8, 4) is 5.75 Å². The van der Waals surface area contributed by atoms with Crippen molar-refractivity contribution in [2.75, 3.05) is 13.7 Å². The highest BCUT2D eigenvalue weighted by Gasteiger charge is 2.33. The van der Waals surface area contributed by atoms with Gasteiger partial charge in [-0.2, -0.15) is 0 Å². The Morgan fingerprint density at radius 3 is 2.79 bits per heavy atom. The van der Waals surface area contributed by atoms with Crippen LogP contribution in [0.1, 0.15) is 31.9 Å². The van der Waals surface area contributed by atoms with E-state index in [9.17, 15) is 0 Å². The Morgan fingerprint density at radius 2 is 2.21 bits per heavy atom. The second kappa shape index (κ2) is 5.76. The molecule has 0 saturated carbocycles. The Bertz CT molecular complexity index is 463.